The minimum absolute atomic E-state index is 0.128. The van der Waals surface area contributed by atoms with Crippen molar-refractivity contribution in [1.82, 2.24) is 0 Å². The van der Waals surface area contributed by atoms with Gasteiger partial charge < -0.3 is 4.74 Å². The molecule has 3 aromatic carbocycles. The first-order valence-electron chi connectivity index (χ1n) is 8.48. The highest BCUT2D eigenvalue weighted by Crippen LogP contribution is 2.27. The molecule has 27 heavy (non-hydrogen) atoms. The van der Waals surface area contributed by atoms with E-state index in [4.69, 9.17) is 4.74 Å². The van der Waals surface area contributed by atoms with Gasteiger partial charge >= 0.3 is 5.97 Å². The van der Waals surface area contributed by atoms with Crippen molar-refractivity contribution < 1.29 is 17.9 Å². The third kappa shape index (κ3) is 3.80. The van der Waals surface area contributed by atoms with Crippen molar-refractivity contribution in [3.05, 3.63) is 71.8 Å². The zero-order valence-corrected chi connectivity index (χ0v) is 16.3. The van der Waals surface area contributed by atoms with Gasteiger partial charge in [-0.05, 0) is 60.0 Å². The molecule has 0 aromatic heterocycles. The van der Waals surface area contributed by atoms with Crippen molar-refractivity contribution in [2.45, 2.75) is 18.7 Å². The lowest BCUT2D eigenvalue weighted by Crippen LogP contribution is -2.36. The van der Waals surface area contributed by atoms with Crippen molar-refractivity contribution in [3.63, 3.8) is 0 Å². The molecule has 0 bridgehead atoms. The number of anilines is 1. The molecule has 3 aromatic rings. The van der Waals surface area contributed by atoms with E-state index >= 15 is 0 Å². The number of fused-ring (bicyclic) bond motifs is 1. The lowest BCUT2D eigenvalue weighted by molar-refractivity contribution is -0.138. The van der Waals surface area contributed by atoms with Gasteiger partial charge in [-0.3, -0.25) is 9.10 Å². The maximum absolute atomic E-state index is 13.3. The molecule has 0 amide bonds. The molecule has 0 heterocycles. The molecule has 3 rings (SSSR count). The van der Waals surface area contributed by atoms with E-state index in [0.29, 0.717) is 5.69 Å². The van der Waals surface area contributed by atoms with Crippen LogP contribution in [-0.2, 0) is 19.6 Å². The van der Waals surface area contributed by atoms with E-state index in [9.17, 15) is 13.2 Å². The Hall–Kier alpha value is -2.86. The number of benzene rings is 3. The highest BCUT2D eigenvalue weighted by atomic mass is 32.2. The molecule has 0 aliphatic heterocycles. The molecule has 0 unspecified atom stereocenters. The number of esters is 1. The number of hydrogen-bond donors (Lipinski definition) is 0. The monoisotopic (exact) mass is 383 g/mol. The van der Waals surface area contributed by atoms with Crippen molar-refractivity contribution >= 4 is 32.5 Å². The maximum Gasteiger partial charge on any atom is 0.326 e. The summed E-state index contributed by atoms with van der Waals surface area (Å²) in [5.74, 6) is -0.627. The van der Waals surface area contributed by atoms with Crippen LogP contribution in [0.3, 0.4) is 0 Å². The van der Waals surface area contributed by atoms with E-state index in [1.165, 1.54) is 7.11 Å². The van der Waals surface area contributed by atoms with E-state index in [1.807, 2.05) is 44.2 Å². The topological polar surface area (TPSA) is 63.7 Å². The fourth-order valence-corrected chi connectivity index (χ4v) is 4.27. The fourth-order valence-electron chi connectivity index (χ4n) is 2.83. The van der Waals surface area contributed by atoms with Gasteiger partial charge in [0.05, 0.1) is 17.7 Å². The lowest BCUT2D eigenvalue weighted by atomic mass is 10.1. The number of methoxy groups -OCH3 is 1. The average Bonchev–Trinajstić information content (AvgIpc) is 2.67. The Bertz CT molecular complexity index is 1110. The number of carbonyl (C=O) groups excluding carboxylic acids is 1. The first-order valence-corrected chi connectivity index (χ1v) is 9.92. The van der Waals surface area contributed by atoms with Crippen LogP contribution in [0.1, 0.15) is 11.1 Å². The highest BCUT2D eigenvalue weighted by molar-refractivity contribution is 7.92. The predicted octanol–water partition coefficient (Wildman–Crippen LogP) is 3.82. The van der Waals surface area contributed by atoms with Crippen LogP contribution in [0.4, 0.5) is 5.69 Å². The number of aryl methyl sites for hydroxylation is 2. The highest BCUT2D eigenvalue weighted by Gasteiger charge is 2.28. The number of rotatable bonds is 5. The third-order valence-corrected chi connectivity index (χ3v) is 6.36. The molecule has 0 spiro atoms. The lowest BCUT2D eigenvalue weighted by Gasteiger charge is -2.24. The molecule has 0 aliphatic carbocycles. The van der Waals surface area contributed by atoms with Crippen molar-refractivity contribution in [2.24, 2.45) is 0 Å². The number of ether oxygens (including phenoxy) is 1. The Balaban J connectivity index is 2.13. The summed E-state index contributed by atoms with van der Waals surface area (Å²) >= 11 is 0. The van der Waals surface area contributed by atoms with Gasteiger partial charge in [0.15, 0.2) is 0 Å². The third-order valence-electron chi connectivity index (χ3n) is 4.59. The zero-order chi connectivity index (χ0) is 19.6. The van der Waals surface area contributed by atoms with Gasteiger partial charge in [-0.2, -0.15) is 0 Å². The molecule has 0 saturated carbocycles. The van der Waals surface area contributed by atoms with Crippen molar-refractivity contribution in [3.8, 4) is 0 Å². The normalized spacial score (nSPS) is 11.4. The molecule has 0 N–H and O–H groups in total. The Morgan fingerprint density at radius 2 is 1.63 bits per heavy atom. The summed E-state index contributed by atoms with van der Waals surface area (Å²) in [6.45, 7) is 3.45. The molecule has 0 saturated heterocycles. The second-order valence-corrected chi connectivity index (χ2v) is 8.23. The first-order chi connectivity index (χ1) is 12.8. The van der Waals surface area contributed by atoms with E-state index in [0.717, 1.165) is 26.2 Å². The second kappa shape index (κ2) is 7.40. The zero-order valence-electron chi connectivity index (χ0n) is 15.5. The Morgan fingerprint density at radius 3 is 2.30 bits per heavy atom. The van der Waals surface area contributed by atoms with Crippen LogP contribution in [0.15, 0.2) is 65.6 Å². The van der Waals surface area contributed by atoms with Crippen LogP contribution in [-0.4, -0.2) is 28.0 Å². The predicted molar refractivity (Wildman–Crippen MR) is 106 cm³/mol. The molecular weight excluding hydrogens is 362 g/mol. The van der Waals surface area contributed by atoms with Gasteiger partial charge in [0, 0.05) is 0 Å². The van der Waals surface area contributed by atoms with E-state index in [2.05, 4.69) is 0 Å². The van der Waals surface area contributed by atoms with E-state index < -0.39 is 22.5 Å². The minimum atomic E-state index is -3.95. The molecule has 0 fully saturated rings. The van der Waals surface area contributed by atoms with Crippen molar-refractivity contribution in [1.29, 1.82) is 0 Å². The van der Waals surface area contributed by atoms with Gasteiger partial charge in [-0.1, -0.05) is 36.4 Å². The molecule has 6 heteroatoms. The SMILES string of the molecule is COC(=O)CN(c1ccc(C)c(C)c1)S(=O)(=O)c1ccc2ccccc2c1. The van der Waals surface area contributed by atoms with Gasteiger partial charge in [0.1, 0.15) is 6.54 Å². The number of carbonyl (C=O) groups is 1. The Kier molecular flexibility index (Phi) is 5.19. The summed E-state index contributed by atoms with van der Waals surface area (Å²) in [7, 11) is -2.71. The van der Waals surface area contributed by atoms with E-state index in [-0.39, 0.29) is 4.90 Å². The van der Waals surface area contributed by atoms with Crippen LogP contribution >= 0.6 is 0 Å². The van der Waals surface area contributed by atoms with Gasteiger partial charge in [-0.25, -0.2) is 8.42 Å². The quantitative estimate of drug-likeness (QED) is 0.628. The number of nitrogens with zero attached hydrogens (tertiary/aromatic N) is 1. The Morgan fingerprint density at radius 1 is 0.926 bits per heavy atom. The molecule has 0 aliphatic rings. The number of sulfonamides is 1. The average molecular weight is 383 g/mol. The standard InChI is InChI=1S/C21H21NO4S/c1-15-8-10-19(12-16(15)2)22(14-21(23)26-3)27(24,25)20-11-9-17-6-4-5-7-18(17)13-20/h4-13H,14H2,1-3H3. The van der Waals surface area contributed by atoms with Crippen LogP contribution < -0.4 is 4.31 Å². The van der Waals surface area contributed by atoms with Gasteiger partial charge in [0.2, 0.25) is 0 Å². The van der Waals surface area contributed by atoms with Gasteiger partial charge in [-0.15, -0.1) is 0 Å². The molecule has 0 radical (unpaired) electrons. The molecular formula is C21H21NO4S. The van der Waals surface area contributed by atoms with Crippen molar-refractivity contribution in [2.75, 3.05) is 18.0 Å². The summed E-state index contributed by atoms with van der Waals surface area (Å²) < 4.78 is 32.5. The maximum atomic E-state index is 13.3. The van der Waals surface area contributed by atoms with Crippen LogP contribution in [0.25, 0.3) is 10.8 Å². The largest absolute Gasteiger partial charge is 0.468 e. The Labute approximate surface area is 159 Å². The molecule has 0 atom stereocenters. The summed E-state index contributed by atoms with van der Waals surface area (Å²) in [6.07, 6.45) is 0. The van der Waals surface area contributed by atoms with Crippen LogP contribution in [0.2, 0.25) is 0 Å². The summed E-state index contributed by atoms with van der Waals surface area (Å²) in [5.41, 5.74) is 2.41. The fraction of sp³-hybridized carbons (Fsp3) is 0.190. The summed E-state index contributed by atoms with van der Waals surface area (Å²) in [5, 5.41) is 1.76. The number of hydrogen-bond acceptors (Lipinski definition) is 4. The first kappa shape index (κ1) is 18.9. The van der Waals surface area contributed by atoms with Crippen LogP contribution in [0, 0.1) is 13.8 Å². The smallest absolute Gasteiger partial charge is 0.326 e. The summed E-state index contributed by atoms with van der Waals surface area (Å²) in [4.78, 5) is 12.0. The minimum Gasteiger partial charge on any atom is -0.468 e. The van der Waals surface area contributed by atoms with E-state index in [1.54, 1.807) is 30.3 Å². The summed E-state index contributed by atoms with van der Waals surface area (Å²) in [6, 6.07) is 17.8. The van der Waals surface area contributed by atoms with Crippen LogP contribution in [0.5, 0.6) is 0 Å². The van der Waals surface area contributed by atoms with Gasteiger partial charge in [0.25, 0.3) is 10.0 Å². The molecule has 140 valence electrons. The molecule has 5 nitrogen and oxygen atoms in total. The second-order valence-electron chi connectivity index (χ2n) is 6.37.